The van der Waals surface area contributed by atoms with Crippen molar-refractivity contribution in [2.75, 3.05) is 19.7 Å². The van der Waals surface area contributed by atoms with Crippen LogP contribution >= 0.6 is 0 Å². The van der Waals surface area contributed by atoms with Crippen molar-refractivity contribution < 1.29 is 29.3 Å². The summed E-state index contributed by atoms with van der Waals surface area (Å²) in [7, 11) is 0. The summed E-state index contributed by atoms with van der Waals surface area (Å²) in [6.45, 7) is 4.59. The van der Waals surface area contributed by atoms with Crippen LogP contribution in [0.25, 0.3) is 0 Å². The molecule has 5 N–H and O–H groups in total. The van der Waals surface area contributed by atoms with Crippen LogP contribution in [0.1, 0.15) is 5.56 Å². The van der Waals surface area contributed by atoms with E-state index >= 15 is 0 Å². The Hall–Kier alpha value is -2.87. The molecule has 0 fully saturated rings. The zero-order valence-corrected chi connectivity index (χ0v) is 12.5. The predicted octanol–water partition coefficient (Wildman–Crippen LogP) is 0.0244. The summed E-state index contributed by atoms with van der Waals surface area (Å²) in [6.07, 6.45) is 2.53. The second kappa shape index (κ2) is 11.8. The molecule has 0 saturated carbocycles. The van der Waals surface area contributed by atoms with Gasteiger partial charge >= 0.3 is 11.9 Å². The maximum Gasteiger partial charge on any atom is 0.414 e. The first kappa shape index (κ1) is 20.1. The van der Waals surface area contributed by atoms with Crippen molar-refractivity contribution in [1.29, 1.82) is 0 Å². The van der Waals surface area contributed by atoms with Crippen LogP contribution in [-0.4, -0.2) is 47.8 Å². The standard InChI is InChI=1S/C13H18N2O2.C2H2O4/c1-2-5-11-6-3-4-7-12(11)17-10-13(16)15-9-8-14;3-1(4)2(5)6/h2-4,6-7H,1,5,8-10,14H2,(H,15,16);(H,3,4)(H,5,6). The van der Waals surface area contributed by atoms with Gasteiger partial charge in [-0.05, 0) is 18.1 Å². The Balaban J connectivity index is 0.000000688. The van der Waals surface area contributed by atoms with Crippen LogP contribution in [0.5, 0.6) is 5.75 Å². The number of ether oxygens (including phenoxy) is 1. The van der Waals surface area contributed by atoms with Gasteiger partial charge in [0, 0.05) is 13.1 Å². The average Bonchev–Trinajstić information content (AvgIpc) is 2.53. The number of aliphatic carboxylic acids is 2. The van der Waals surface area contributed by atoms with Gasteiger partial charge in [0.1, 0.15) is 5.75 Å². The number of nitrogens with one attached hydrogen (secondary N) is 1. The molecule has 0 aliphatic heterocycles. The zero-order chi connectivity index (χ0) is 17.7. The average molecular weight is 324 g/mol. The number of amides is 1. The second-order valence-electron chi connectivity index (χ2n) is 4.14. The number of carbonyl (C=O) groups excluding carboxylic acids is 1. The monoisotopic (exact) mass is 324 g/mol. The number of carbonyl (C=O) groups is 3. The van der Waals surface area contributed by atoms with Gasteiger partial charge in [0.25, 0.3) is 5.91 Å². The highest BCUT2D eigenvalue weighted by Gasteiger charge is 2.05. The van der Waals surface area contributed by atoms with E-state index < -0.39 is 11.9 Å². The number of allylic oxidation sites excluding steroid dienone is 1. The smallest absolute Gasteiger partial charge is 0.414 e. The molecule has 0 saturated heterocycles. The van der Waals surface area contributed by atoms with Crippen LogP contribution in [0.3, 0.4) is 0 Å². The summed E-state index contributed by atoms with van der Waals surface area (Å²) in [5.74, 6) is -3.09. The number of nitrogens with two attached hydrogens (primary N) is 1. The van der Waals surface area contributed by atoms with Gasteiger partial charge in [-0.25, -0.2) is 9.59 Å². The van der Waals surface area contributed by atoms with E-state index in [9.17, 15) is 4.79 Å². The largest absolute Gasteiger partial charge is 0.483 e. The Morgan fingerprint density at radius 1 is 1.22 bits per heavy atom. The maximum atomic E-state index is 11.3. The lowest BCUT2D eigenvalue weighted by Gasteiger charge is -2.10. The van der Waals surface area contributed by atoms with Gasteiger partial charge in [0.05, 0.1) is 0 Å². The molecule has 0 radical (unpaired) electrons. The number of benzene rings is 1. The van der Waals surface area contributed by atoms with Crippen LogP contribution in [0.4, 0.5) is 0 Å². The molecular weight excluding hydrogens is 304 g/mol. The van der Waals surface area contributed by atoms with E-state index in [1.165, 1.54) is 0 Å². The minimum absolute atomic E-state index is 0.00809. The van der Waals surface area contributed by atoms with Gasteiger partial charge in [0.2, 0.25) is 0 Å². The van der Waals surface area contributed by atoms with E-state index in [2.05, 4.69) is 11.9 Å². The van der Waals surface area contributed by atoms with Crippen molar-refractivity contribution in [3.63, 3.8) is 0 Å². The third kappa shape index (κ3) is 9.64. The molecule has 0 aromatic heterocycles. The predicted molar refractivity (Wildman–Crippen MR) is 83.2 cm³/mol. The van der Waals surface area contributed by atoms with Gasteiger partial charge in [0.15, 0.2) is 6.61 Å². The summed E-state index contributed by atoms with van der Waals surface area (Å²) >= 11 is 0. The summed E-state index contributed by atoms with van der Waals surface area (Å²) in [6, 6.07) is 7.60. The van der Waals surface area contributed by atoms with E-state index in [0.29, 0.717) is 13.1 Å². The fourth-order valence-electron chi connectivity index (χ4n) is 1.37. The third-order valence-corrected chi connectivity index (χ3v) is 2.35. The molecule has 0 spiro atoms. The molecular formula is C15H20N2O6. The van der Waals surface area contributed by atoms with Gasteiger partial charge in [-0.15, -0.1) is 6.58 Å². The molecule has 0 atom stereocenters. The van der Waals surface area contributed by atoms with E-state index in [4.69, 9.17) is 30.3 Å². The Bertz CT molecular complexity index is 533. The van der Waals surface area contributed by atoms with Crippen LogP contribution in [0, 0.1) is 0 Å². The molecule has 1 amide bonds. The van der Waals surface area contributed by atoms with Crippen LogP contribution in [0.2, 0.25) is 0 Å². The molecule has 23 heavy (non-hydrogen) atoms. The summed E-state index contributed by atoms with van der Waals surface area (Å²) in [5.41, 5.74) is 6.30. The first-order valence-corrected chi connectivity index (χ1v) is 6.67. The van der Waals surface area contributed by atoms with Gasteiger partial charge in [-0.3, -0.25) is 4.79 Å². The second-order valence-corrected chi connectivity index (χ2v) is 4.14. The van der Waals surface area contributed by atoms with E-state index in [1.54, 1.807) is 6.08 Å². The Labute approximate surface area is 133 Å². The molecule has 8 heteroatoms. The molecule has 1 aromatic rings. The van der Waals surface area contributed by atoms with Gasteiger partial charge < -0.3 is 26.0 Å². The molecule has 0 aliphatic carbocycles. The van der Waals surface area contributed by atoms with Crippen LogP contribution in [-0.2, 0) is 20.8 Å². The molecule has 0 bridgehead atoms. The fraction of sp³-hybridized carbons (Fsp3) is 0.267. The minimum atomic E-state index is -1.82. The number of rotatable bonds is 7. The van der Waals surface area contributed by atoms with Crippen LogP contribution < -0.4 is 15.8 Å². The molecule has 0 heterocycles. The van der Waals surface area contributed by atoms with E-state index in [1.807, 2.05) is 24.3 Å². The first-order chi connectivity index (χ1) is 10.9. The third-order valence-electron chi connectivity index (χ3n) is 2.35. The summed E-state index contributed by atoms with van der Waals surface area (Å²) in [4.78, 5) is 29.5. The van der Waals surface area contributed by atoms with Crippen molar-refractivity contribution in [3.8, 4) is 5.75 Å². The lowest BCUT2D eigenvalue weighted by molar-refractivity contribution is -0.159. The number of carboxylic acid groups (broad SMARTS) is 2. The highest BCUT2D eigenvalue weighted by atomic mass is 16.5. The van der Waals surface area contributed by atoms with Crippen molar-refractivity contribution >= 4 is 17.8 Å². The quantitative estimate of drug-likeness (QED) is 0.409. The van der Waals surface area contributed by atoms with Crippen LogP contribution in [0.15, 0.2) is 36.9 Å². The molecule has 0 aliphatic rings. The van der Waals surface area contributed by atoms with E-state index in [-0.39, 0.29) is 12.5 Å². The number of hydrogen-bond donors (Lipinski definition) is 4. The topological polar surface area (TPSA) is 139 Å². The normalized spacial score (nSPS) is 9.09. The SMILES string of the molecule is C=CCc1ccccc1OCC(=O)NCCN.O=C(O)C(=O)O. The van der Waals surface area contributed by atoms with Crippen molar-refractivity contribution in [3.05, 3.63) is 42.5 Å². The number of para-hydroxylation sites is 1. The zero-order valence-electron chi connectivity index (χ0n) is 12.5. The first-order valence-electron chi connectivity index (χ1n) is 6.67. The lowest BCUT2D eigenvalue weighted by Crippen LogP contribution is -2.33. The van der Waals surface area contributed by atoms with Crippen molar-refractivity contribution in [1.82, 2.24) is 5.32 Å². The summed E-state index contributed by atoms with van der Waals surface area (Å²) in [5, 5.41) is 17.4. The molecule has 0 unspecified atom stereocenters. The number of hydrogen-bond acceptors (Lipinski definition) is 5. The minimum Gasteiger partial charge on any atom is -0.483 e. The van der Waals surface area contributed by atoms with E-state index in [0.717, 1.165) is 17.7 Å². The van der Waals surface area contributed by atoms with Gasteiger partial charge in [-0.2, -0.15) is 0 Å². The Morgan fingerprint density at radius 3 is 2.35 bits per heavy atom. The molecule has 8 nitrogen and oxygen atoms in total. The highest BCUT2D eigenvalue weighted by Crippen LogP contribution is 2.18. The maximum absolute atomic E-state index is 11.3. The number of carboxylic acids is 2. The highest BCUT2D eigenvalue weighted by molar-refractivity contribution is 6.27. The van der Waals surface area contributed by atoms with Crippen molar-refractivity contribution in [2.45, 2.75) is 6.42 Å². The Kier molecular flexibility index (Phi) is 10.3. The molecule has 1 rings (SSSR count). The Morgan fingerprint density at radius 2 is 1.83 bits per heavy atom. The fourth-order valence-corrected chi connectivity index (χ4v) is 1.37. The molecule has 1 aromatic carbocycles. The summed E-state index contributed by atoms with van der Waals surface area (Å²) < 4.78 is 5.45. The van der Waals surface area contributed by atoms with Gasteiger partial charge in [-0.1, -0.05) is 24.3 Å². The van der Waals surface area contributed by atoms with Crippen molar-refractivity contribution in [2.24, 2.45) is 5.73 Å². The molecule has 126 valence electrons. The lowest BCUT2D eigenvalue weighted by atomic mass is 10.1.